The number of aromatic nitrogens is 1. The second-order valence-corrected chi connectivity index (χ2v) is 6.68. The zero-order chi connectivity index (χ0) is 20.7. The van der Waals surface area contributed by atoms with Crippen molar-refractivity contribution in [2.75, 3.05) is 33.3 Å². The number of guanidine groups is 1. The third-order valence-corrected chi connectivity index (χ3v) is 4.32. The van der Waals surface area contributed by atoms with Gasteiger partial charge in [-0.05, 0) is 19.4 Å². The van der Waals surface area contributed by atoms with E-state index in [4.69, 9.17) is 16.3 Å². The summed E-state index contributed by atoms with van der Waals surface area (Å²) in [6.07, 6.45) is -2.63. The van der Waals surface area contributed by atoms with Crippen molar-refractivity contribution in [1.29, 1.82) is 0 Å². The van der Waals surface area contributed by atoms with Gasteiger partial charge in [0, 0.05) is 38.8 Å². The largest absolute Gasteiger partial charge is 0.475 e. The topological polar surface area (TPSA) is 78.9 Å². The number of likely N-dealkylation sites (N-methyl/N-ethyl adjacent to an activating group) is 1. The van der Waals surface area contributed by atoms with E-state index in [1.54, 1.807) is 11.9 Å². The molecule has 2 N–H and O–H groups in total. The van der Waals surface area contributed by atoms with Gasteiger partial charge in [-0.1, -0.05) is 11.6 Å². The first kappa shape index (κ1) is 25.5. The van der Waals surface area contributed by atoms with E-state index in [1.807, 2.05) is 6.92 Å². The van der Waals surface area contributed by atoms with E-state index >= 15 is 0 Å². The van der Waals surface area contributed by atoms with Crippen LogP contribution in [0.25, 0.3) is 0 Å². The van der Waals surface area contributed by atoms with Gasteiger partial charge in [0.05, 0.1) is 12.1 Å². The summed E-state index contributed by atoms with van der Waals surface area (Å²) in [6, 6.07) is 0.868. The maximum absolute atomic E-state index is 12.6. The first-order chi connectivity index (χ1) is 13.2. The number of carbonyl (C=O) groups excluding carboxylic acids is 1. The third-order valence-electron chi connectivity index (χ3n) is 4.05. The van der Waals surface area contributed by atoms with E-state index in [1.165, 1.54) is 0 Å². The quantitative estimate of drug-likeness (QED) is 0.247. The molecular formula is C17H24ClF3IN5O2. The zero-order valence-corrected chi connectivity index (χ0v) is 19.1. The van der Waals surface area contributed by atoms with Gasteiger partial charge in [0.25, 0.3) is 0 Å². The summed E-state index contributed by atoms with van der Waals surface area (Å²) >= 11 is 5.80. The van der Waals surface area contributed by atoms with Crippen molar-refractivity contribution < 1.29 is 22.7 Å². The molecule has 29 heavy (non-hydrogen) atoms. The van der Waals surface area contributed by atoms with Crippen LogP contribution in [-0.4, -0.2) is 61.1 Å². The van der Waals surface area contributed by atoms with Gasteiger partial charge in [-0.3, -0.25) is 4.79 Å². The number of hydrogen-bond donors (Lipinski definition) is 2. The van der Waals surface area contributed by atoms with Crippen LogP contribution in [0.2, 0.25) is 5.02 Å². The Balaban J connectivity index is 0.00000420. The van der Waals surface area contributed by atoms with Gasteiger partial charge in [0.2, 0.25) is 11.8 Å². The Kier molecular flexibility index (Phi) is 10.2. The summed E-state index contributed by atoms with van der Waals surface area (Å²) < 4.78 is 43.2. The van der Waals surface area contributed by atoms with E-state index in [2.05, 4.69) is 20.6 Å². The SMILES string of the molecule is CCNC(=NCCOc1ncc(C(F)(F)F)cc1Cl)NC1CCC(=O)N(C)C1.I. The highest BCUT2D eigenvalue weighted by Gasteiger charge is 2.31. The molecular weight excluding hydrogens is 526 g/mol. The molecule has 1 aromatic rings. The zero-order valence-electron chi connectivity index (χ0n) is 16.1. The van der Waals surface area contributed by atoms with Crippen LogP contribution in [-0.2, 0) is 11.0 Å². The summed E-state index contributed by atoms with van der Waals surface area (Å²) in [7, 11) is 1.76. The maximum Gasteiger partial charge on any atom is 0.417 e. The molecule has 1 saturated heterocycles. The fraction of sp³-hybridized carbons (Fsp3) is 0.588. The second-order valence-electron chi connectivity index (χ2n) is 6.27. The minimum absolute atomic E-state index is 0. The van der Waals surface area contributed by atoms with Gasteiger partial charge < -0.3 is 20.3 Å². The van der Waals surface area contributed by atoms with E-state index in [0.29, 0.717) is 31.7 Å². The highest BCUT2D eigenvalue weighted by Crippen LogP contribution is 2.33. The molecule has 1 aliphatic rings. The summed E-state index contributed by atoms with van der Waals surface area (Å²) in [5.74, 6) is 0.620. The molecule has 12 heteroatoms. The number of rotatable bonds is 6. The number of pyridine rings is 1. The number of amides is 1. The molecule has 7 nitrogen and oxygen atoms in total. The molecule has 2 rings (SSSR count). The number of likely N-dealkylation sites (tertiary alicyclic amines) is 1. The Morgan fingerprint density at radius 1 is 1.48 bits per heavy atom. The van der Waals surface area contributed by atoms with E-state index < -0.39 is 11.7 Å². The van der Waals surface area contributed by atoms with Crippen molar-refractivity contribution in [2.24, 2.45) is 4.99 Å². The Morgan fingerprint density at radius 3 is 2.79 bits per heavy atom. The van der Waals surface area contributed by atoms with Crippen molar-refractivity contribution >= 4 is 47.4 Å². The van der Waals surface area contributed by atoms with Crippen molar-refractivity contribution in [1.82, 2.24) is 20.5 Å². The molecule has 0 radical (unpaired) electrons. The fourth-order valence-corrected chi connectivity index (χ4v) is 2.85. The summed E-state index contributed by atoms with van der Waals surface area (Å²) in [6.45, 7) is 3.51. The van der Waals surface area contributed by atoms with Crippen molar-refractivity contribution in [3.63, 3.8) is 0 Å². The second kappa shape index (κ2) is 11.6. The average molecular weight is 550 g/mol. The highest BCUT2D eigenvalue weighted by molar-refractivity contribution is 14.0. The van der Waals surface area contributed by atoms with Crippen LogP contribution in [0.15, 0.2) is 17.3 Å². The van der Waals surface area contributed by atoms with Gasteiger partial charge in [0.1, 0.15) is 11.6 Å². The number of nitrogens with one attached hydrogen (secondary N) is 2. The van der Waals surface area contributed by atoms with Gasteiger partial charge in [-0.2, -0.15) is 13.2 Å². The lowest BCUT2D eigenvalue weighted by Gasteiger charge is -2.31. The van der Waals surface area contributed by atoms with Gasteiger partial charge in [0.15, 0.2) is 5.96 Å². The van der Waals surface area contributed by atoms with Crippen molar-refractivity contribution in [3.8, 4) is 5.88 Å². The predicted octanol–water partition coefficient (Wildman–Crippen LogP) is 2.93. The van der Waals surface area contributed by atoms with Gasteiger partial charge in [-0.25, -0.2) is 9.98 Å². The normalized spacial score (nSPS) is 17.6. The monoisotopic (exact) mass is 549 g/mol. The first-order valence-electron chi connectivity index (χ1n) is 8.85. The summed E-state index contributed by atoms with van der Waals surface area (Å²) in [4.78, 5) is 21.2. The van der Waals surface area contributed by atoms with Crippen LogP contribution in [0, 0.1) is 0 Å². The molecule has 1 aromatic heterocycles. The molecule has 2 heterocycles. The molecule has 1 amide bonds. The number of piperidine rings is 1. The molecule has 1 aliphatic heterocycles. The molecule has 1 fully saturated rings. The minimum atomic E-state index is -4.51. The third kappa shape index (κ3) is 8.03. The predicted molar refractivity (Wildman–Crippen MR) is 115 cm³/mol. The van der Waals surface area contributed by atoms with E-state index in [-0.39, 0.29) is 60.0 Å². The Bertz CT molecular complexity index is 721. The standard InChI is InChI=1S/C17H23ClF3N5O2.HI/c1-3-22-16(25-12-4-5-14(27)26(2)10-12)23-6-7-28-15-13(18)8-11(9-24-15)17(19,20)21;/h8-9,12H,3-7,10H2,1-2H3,(H2,22,23,25);1H. The maximum atomic E-state index is 12.6. The number of alkyl halides is 3. The van der Waals surface area contributed by atoms with E-state index in [9.17, 15) is 18.0 Å². The van der Waals surface area contributed by atoms with Crippen LogP contribution in [0.5, 0.6) is 5.88 Å². The number of carbonyl (C=O) groups is 1. The lowest BCUT2D eigenvalue weighted by molar-refractivity contribution is -0.138. The Hall–Kier alpha value is -1.50. The van der Waals surface area contributed by atoms with Crippen LogP contribution in [0.3, 0.4) is 0 Å². The Labute approximate surface area is 189 Å². The summed E-state index contributed by atoms with van der Waals surface area (Å²) in [5.41, 5.74) is -0.933. The van der Waals surface area contributed by atoms with Gasteiger partial charge in [-0.15, -0.1) is 24.0 Å². The number of hydrogen-bond acceptors (Lipinski definition) is 4. The smallest absolute Gasteiger partial charge is 0.417 e. The van der Waals surface area contributed by atoms with Crippen LogP contribution >= 0.6 is 35.6 Å². The molecule has 1 atom stereocenters. The van der Waals surface area contributed by atoms with Gasteiger partial charge >= 0.3 is 6.18 Å². The lowest BCUT2D eigenvalue weighted by atomic mass is 10.1. The summed E-state index contributed by atoms with van der Waals surface area (Å²) in [5, 5.41) is 6.16. The average Bonchev–Trinajstić information content (AvgIpc) is 2.62. The first-order valence-corrected chi connectivity index (χ1v) is 9.22. The molecule has 0 aliphatic carbocycles. The van der Waals surface area contributed by atoms with Crippen LogP contribution in [0.1, 0.15) is 25.3 Å². The van der Waals surface area contributed by atoms with Crippen molar-refractivity contribution in [2.45, 2.75) is 32.0 Å². The van der Waals surface area contributed by atoms with Crippen molar-refractivity contribution in [3.05, 3.63) is 22.8 Å². The molecule has 0 spiro atoms. The molecule has 0 bridgehead atoms. The number of ether oxygens (including phenoxy) is 1. The van der Waals surface area contributed by atoms with Crippen LogP contribution in [0.4, 0.5) is 13.2 Å². The number of halogens is 5. The Morgan fingerprint density at radius 2 is 2.21 bits per heavy atom. The number of nitrogens with zero attached hydrogens (tertiary/aromatic N) is 3. The molecule has 1 unspecified atom stereocenters. The van der Waals surface area contributed by atoms with Crippen LogP contribution < -0.4 is 15.4 Å². The lowest BCUT2D eigenvalue weighted by Crippen LogP contribution is -2.51. The molecule has 0 saturated carbocycles. The highest BCUT2D eigenvalue weighted by atomic mass is 127. The number of aliphatic imine (C=N–C) groups is 1. The molecule has 0 aromatic carbocycles. The molecule has 164 valence electrons. The minimum Gasteiger partial charge on any atom is -0.475 e. The fourth-order valence-electron chi connectivity index (χ4n) is 2.63. The van der Waals surface area contributed by atoms with E-state index in [0.717, 1.165) is 12.5 Å².